The molecular weight excluding hydrogens is 446 g/mol. The minimum atomic E-state index is -0.120. The molecule has 0 N–H and O–H groups in total. The van der Waals surface area contributed by atoms with Crippen LogP contribution in [0.1, 0.15) is 52.6 Å². The number of likely N-dealkylation sites (tertiary alicyclic amines) is 1. The Bertz CT molecular complexity index is 1340. The van der Waals surface area contributed by atoms with Crippen molar-refractivity contribution >= 4 is 28.5 Å². The molecule has 1 unspecified atom stereocenters. The van der Waals surface area contributed by atoms with Crippen molar-refractivity contribution in [1.29, 1.82) is 0 Å². The first-order chi connectivity index (χ1) is 16.5. The van der Waals surface area contributed by atoms with E-state index in [1.807, 2.05) is 73.3 Å². The number of hydrogen-bond donors (Lipinski definition) is 0. The van der Waals surface area contributed by atoms with Gasteiger partial charge >= 0.3 is 0 Å². The smallest absolute Gasteiger partial charge is 0.255 e. The molecular formula is C28H28ClN3O2. The van der Waals surface area contributed by atoms with Gasteiger partial charge in [-0.2, -0.15) is 0 Å². The molecule has 34 heavy (non-hydrogen) atoms. The summed E-state index contributed by atoms with van der Waals surface area (Å²) >= 11 is 6.25. The molecule has 1 aliphatic rings. The molecule has 0 radical (unpaired) electrons. The van der Waals surface area contributed by atoms with Gasteiger partial charge in [0.25, 0.3) is 5.91 Å². The van der Waals surface area contributed by atoms with Crippen molar-refractivity contribution in [3.8, 4) is 11.4 Å². The average molecular weight is 474 g/mol. The van der Waals surface area contributed by atoms with Crippen LogP contribution >= 0.6 is 11.6 Å². The Morgan fingerprint density at radius 2 is 1.74 bits per heavy atom. The molecule has 1 atom stereocenters. The maximum absolute atomic E-state index is 13.9. The second kappa shape index (κ2) is 9.15. The van der Waals surface area contributed by atoms with E-state index in [0.717, 1.165) is 64.2 Å². The minimum absolute atomic E-state index is 0.0460. The molecule has 3 aromatic carbocycles. The Morgan fingerprint density at radius 3 is 2.44 bits per heavy atom. The lowest BCUT2D eigenvalue weighted by Gasteiger charge is -2.36. The second-order valence-corrected chi connectivity index (χ2v) is 9.35. The maximum atomic E-state index is 13.9. The maximum Gasteiger partial charge on any atom is 0.255 e. The number of ether oxygens (including phenoxy) is 1. The summed E-state index contributed by atoms with van der Waals surface area (Å²) in [4.78, 5) is 21.0. The number of methoxy groups -OCH3 is 1. The van der Waals surface area contributed by atoms with Crippen molar-refractivity contribution in [1.82, 2.24) is 14.5 Å². The summed E-state index contributed by atoms with van der Waals surface area (Å²) in [7, 11) is 1.67. The normalized spacial score (nSPS) is 16.1. The Balaban J connectivity index is 1.64. The third-order valence-corrected chi connectivity index (χ3v) is 6.91. The van der Waals surface area contributed by atoms with E-state index in [4.69, 9.17) is 21.3 Å². The number of amides is 1. The molecule has 1 amide bonds. The number of aryl methyl sites for hydroxylation is 2. The zero-order valence-corrected chi connectivity index (χ0v) is 20.5. The summed E-state index contributed by atoms with van der Waals surface area (Å²) < 4.78 is 7.55. The number of halogens is 1. The van der Waals surface area contributed by atoms with Crippen molar-refractivity contribution in [3.63, 3.8) is 0 Å². The highest BCUT2D eigenvalue weighted by Gasteiger charge is 2.34. The predicted octanol–water partition coefficient (Wildman–Crippen LogP) is 6.67. The third-order valence-electron chi connectivity index (χ3n) is 6.69. The van der Waals surface area contributed by atoms with Gasteiger partial charge in [-0.25, -0.2) is 4.98 Å². The molecule has 0 bridgehead atoms. The van der Waals surface area contributed by atoms with Gasteiger partial charge < -0.3 is 9.64 Å². The molecule has 1 fully saturated rings. The molecule has 5 rings (SSSR count). The van der Waals surface area contributed by atoms with Gasteiger partial charge in [-0.3, -0.25) is 9.36 Å². The van der Waals surface area contributed by atoms with Crippen LogP contribution in [0.3, 0.4) is 0 Å². The van der Waals surface area contributed by atoms with Crippen LogP contribution in [0.15, 0.2) is 60.7 Å². The number of para-hydroxylation sites is 2. The topological polar surface area (TPSA) is 47.4 Å². The van der Waals surface area contributed by atoms with Gasteiger partial charge in [0.15, 0.2) is 0 Å². The first kappa shape index (κ1) is 22.5. The lowest BCUT2D eigenvalue weighted by atomic mass is 9.96. The lowest BCUT2D eigenvalue weighted by molar-refractivity contribution is 0.0597. The van der Waals surface area contributed by atoms with Crippen LogP contribution in [0.25, 0.3) is 16.7 Å². The highest BCUT2D eigenvalue weighted by Crippen LogP contribution is 2.36. The summed E-state index contributed by atoms with van der Waals surface area (Å²) in [5.41, 5.74) is 5.50. The van der Waals surface area contributed by atoms with E-state index in [-0.39, 0.29) is 11.9 Å². The molecule has 1 aromatic heterocycles. The predicted molar refractivity (Wildman–Crippen MR) is 136 cm³/mol. The number of rotatable bonds is 4. The van der Waals surface area contributed by atoms with Crippen LogP contribution in [0.2, 0.25) is 5.02 Å². The van der Waals surface area contributed by atoms with E-state index in [2.05, 4.69) is 10.6 Å². The van der Waals surface area contributed by atoms with E-state index in [1.165, 1.54) is 0 Å². The molecule has 2 heterocycles. The highest BCUT2D eigenvalue weighted by molar-refractivity contribution is 6.30. The number of carbonyl (C=O) groups excluding carboxylic acids is 1. The zero-order chi connectivity index (χ0) is 23.8. The Kier molecular flexibility index (Phi) is 6.05. The fourth-order valence-electron chi connectivity index (χ4n) is 5.11. The van der Waals surface area contributed by atoms with Crippen LogP contribution in [0.5, 0.6) is 5.75 Å². The van der Waals surface area contributed by atoms with E-state index in [0.29, 0.717) is 11.6 Å². The summed E-state index contributed by atoms with van der Waals surface area (Å²) in [5.74, 6) is 1.74. The number of fused-ring (bicyclic) bond motifs is 1. The standard InChI is InChI=1S/C28H28ClN3O2/c1-18-16-20(29)17-19(2)26(18)28(33)31-15-7-6-10-25(31)27-30-23-8-4-5-9-24(23)32(27)21-11-13-22(34-3)14-12-21/h4-5,8-9,11-14,16-17,25H,6-7,10,15H2,1-3H3. The second-order valence-electron chi connectivity index (χ2n) is 8.92. The molecule has 0 spiro atoms. The molecule has 1 aliphatic heterocycles. The Morgan fingerprint density at radius 1 is 1.03 bits per heavy atom. The molecule has 6 heteroatoms. The molecule has 4 aromatic rings. The SMILES string of the molecule is COc1ccc(-n2c(C3CCCCN3C(=O)c3c(C)cc(Cl)cc3C)nc3ccccc32)cc1. The van der Waals surface area contributed by atoms with Crippen LogP contribution in [-0.4, -0.2) is 34.0 Å². The van der Waals surface area contributed by atoms with Crippen LogP contribution < -0.4 is 4.74 Å². The van der Waals surface area contributed by atoms with Crippen LogP contribution in [0, 0.1) is 13.8 Å². The fourth-order valence-corrected chi connectivity index (χ4v) is 5.43. The van der Waals surface area contributed by atoms with Gasteiger partial charge in [-0.15, -0.1) is 0 Å². The highest BCUT2D eigenvalue weighted by atomic mass is 35.5. The first-order valence-corrected chi connectivity index (χ1v) is 12.0. The molecule has 174 valence electrons. The van der Waals surface area contributed by atoms with Crippen LogP contribution in [-0.2, 0) is 0 Å². The largest absolute Gasteiger partial charge is 0.497 e. The van der Waals surface area contributed by atoms with Gasteiger partial charge in [-0.1, -0.05) is 23.7 Å². The van der Waals surface area contributed by atoms with E-state index in [1.54, 1.807) is 7.11 Å². The van der Waals surface area contributed by atoms with Crippen molar-refractivity contribution in [2.75, 3.05) is 13.7 Å². The number of aromatic nitrogens is 2. The first-order valence-electron chi connectivity index (χ1n) is 11.7. The Labute approximate surface area is 204 Å². The average Bonchev–Trinajstić information content (AvgIpc) is 3.23. The van der Waals surface area contributed by atoms with Gasteiger partial charge in [-0.05, 0) is 92.8 Å². The number of piperidine rings is 1. The summed E-state index contributed by atoms with van der Waals surface area (Å²) in [6, 6.07) is 19.7. The van der Waals surface area contributed by atoms with Gasteiger partial charge in [0, 0.05) is 22.8 Å². The number of nitrogens with zero attached hydrogens (tertiary/aromatic N) is 3. The van der Waals surface area contributed by atoms with Crippen molar-refractivity contribution in [2.45, 2.75) is 39.2 Å². The van der Waals surface area contributed by atoms with Crippen LogP contribution in [0.4, 0.5) is 0 Å². The zero-order valence-electron chi connectivity index (χ0n) is 19.7. The van der Waals surface area contributed by atoms with Gasteiger partial charge in [0.05, 0.1) is 24.2 Å². The molecule has 0 saturated carbocycles. The molecule has 5 nitrogen and oxygen atoms in total. The third kappa shape index (κ3) is 3.94. The van der Waals surface area contributed by atoms with E-state index in [9.17, 15) is 4.79 Å². The lowest BCUT2D eigenvalue weighted by Crippen LogP contribution is -2.40. The quantitative estimate of drug-likeness (QED) is 0.332. The number of imidazole rings is 1. The summed E-state index contributed by atoms with van der Waals surface area (Å²) in [5, 5.41) is 0.656. The van der Waals surface area contributed by atoms with Gasteiger partial charge in [0.2, 0.25) is 0 Å². The van der Waals surface area contributed by atoms with E-state index < -0.39 is 0 Å². The van der Waals surface area contributed by atoms with E-state index >= 15 is 0 Å². The summed E-state index contributed by atoms with van der Waals surface area (Å²) in [6.07, 6.45) is 2.91. The fraction of sp³-hybridized carbons (Fsp3) is 0.286. The van der Waals surface area contributed by atoms with Gasteiger partial charge in [0.1, 0.15) is 11.6 Å². The molecule has 0 aliphatic carbocycles. The number of benzene rings is 3. The number of carbonyl (C=O) groups is 1. The van der Waals surface area contributed by atoms with Crippen molar-refractivity contribution < 1.29 is 9.53 Å². The summed E-state index contributed by atoms with van der Waals surface area (Å²) in [6.45, 7) is 4.62. The van der Waals surface area contributed by atoms with Crippen molar-refractivity contribution in [3.05, 3.63) is 88.2 Å². The van der Waals surface area contributed by atoms with Crippen molar-refractivity contribution in [2.24, 2.45) is 0 Å². The minimum Gasteiger partial charge on any atom is -0.497 e. The molecule has 1 saturated heterocycles. The monoisotopic (exact) mass is 473 g/mol. The number of hydrogen-bond acceptors (Lipinski definition) is 3. The Hall–Kier alpha value is -3.31.